The van der Waals surface area contributed by atoms with Gasteiger partial charge in [-0.15, -0.1) is 0 Å². The zero-order valence-electron chi connectivity index (χ0n) is 14.8. The van der Waals surface area contributed by atoms with Gasteiger partial charge in [-0.2, -0.15) is 5.10 Å². The number of hydrogen-bond donors (Lipinski definition) is 1. The summed E-state index contributed by atoms with van der Waals surface area (Å²) in [7, 11) is 1.88. The molecule has 0 spiro atoms. The highest BCUT2D eigenvalue weighted by molar-refractivity contribution is 5.79. The van der Waals surface area contributed by atoms with Crippen LogP contribution in [-0.2, 0) is 6.54 Å². The van der Waals surface area contributed by atoms with Crippen molar-refractivity contribution in [1.82, 2.24) is 20.0 Å². The van der Waals surface area contributed by atoms with E-state index in [1.807, 2.05) is 14.0 Å². The molecule has 2 atom stereocenters. The lowest BCUT2D eigenvalue weighted by atomic mass is 10.0. The van der Waals surface area contributed by atoms with Gasteiger partial charge in [-0.1, -0.05) is 13.8 Å². The second-order valence-corrected chi connectivity index (χ2v) is 6.84. The van der Waals surface area contributed by atoms with E-state index >= 15 is 0 Å². The molecule has 1 saturated heterocycles. The topological polar surface area (TPSA) is 45.5 Å². The third-order valence-electron chi connectivity index (χ3n) is 4.36. The zero-order valence-corrected chi connectivity index (χ0v) is 14.8. The maximum absolute atomic E-state index is 4.55. The summed E-state index contributed by atoms with van der Waals surface area (Å²) in [5.74, 6) is 2.32. The molecule has 0 aliphatic carbocycles. The van der Waals surface area contributed by atoms with Gasteiger partial charge in [0.25, 0.3) is 0 Å². The van der Waals surface area contributed by atoms with E-state index in [2.05, 4.69) is 51.8 Å². The van der Waals surface area contributed by atoms with Crippen LogP contribution >= 0.6 is 0 Å². The lowest BCUT2D eigenvalue weighted by Gasteiger charge is -2.34. The van der Waals surface area contributed by atoms with Crippen LogP contribution in [0.4, 0.5) is 0 Å². The van der Waals surface area contributed by atoms with Gasteiger partial charge in [0.2, 0.25) is 0 Å². The molecule has 1 aromatic heterocycles. The Morgan fingerprint density at radius 2 is 2.27 bits per heavy atom. The molecule has 2 rings (SSSR count). The summed E-state index contributed by atoms with van der Waals surface area (Å²) < 4.78 is 2.10. The molecular formula is C17H31N5. The number of aromatic nitrogens is 2. The minimum atomic E-state index is 0.511. The van der Waals surface area contributed by atoms with Crippen molar-refractivity contribution in [3.05, 3.63) is 17.5 Å². The van der Waals surface area contributed by atoms with Crippen LogP contribution in [0, 0.1) is 25.7 Å². The molecule has 5 nitrogen and oxygen atoms in total. The van der Waals surface area contributed by atoms with Gasteiger partial charge < -0.3 is 10.2 Å². The highest BCUT2D eigenvalue weighted by Gasteiger charge is 2.19. The van der Waals surface area contributed by atoms with Crippen molar-refractivity contribution in [2.75, 3.05) is 26.7 Å². The molecule has 0 aromatic carbocycles. The van der Waals surface area contributed by atoms with Crippen molar-refractivity contribution in [2.45, 2.75) is 47.1 Å². The van der Waals surface area contributed by atoms with Crippen LogP contribution in [0.15, 0.2) is 11.1 Å². The number of hydrogen-bond acceptors (Lipinski definition) is 2. The quantitative estimate of drug-likeness (QED) is 0.686. The predicted molar refractivity (Wildman–Crippen MR) is 92.2 cm³/mol. The number of likely N-dealkylation sites (tertiary alicyclic amines) is 1. The summed E-state index contributed by atoms with van der Waals surface area (Å²) in [5.41, 5.74) is 2.33. The Morgan fingerprint density at radius 1 is 1.50 bits per heavy atom. The van der Waals surface area contributed by atoms with Crippen LogP contribution in [0.25, 0.3) is 0 Å². The Hall–Kier alpha value is -1.52. The standard InChI is InChI=1S/C17H31N5/c1-13-7-6-8-21(11-13)17(18-5)19-10-14(2)12-22-16(4)9-15(3)20-22/h9,13-14H,6-8,10-12H2,1-5H3,(H,18,19). The van der Waals surface area contributed by atoms with Crippen molar-refractivity contribution in [3.63, 3.8) is 0 Å². The molecule has 1 aliphatic heterocycles. The first kappa shape index (κ1) is 16.8. The molecule has 0 saturated carbocycles. The lowest BCUT2D eigenvalue weighted by molar-refractivity contribution is 0.264. The molecule has 22 heavy (non-hydrogen) atoms. The fraction of sp³-hybridized carbons (Fsp3) is 0.765. The third kappa shape index (κ3) is 4.49. The number of nitrogens with zero attached hydrogens (tertiary/aromatic N) is 4. The summed E-state index contributed by atoms with van der Waals surface area (Å²) in [4.78, 5) is 6.85. The van der Waals surface area contributed by atoms with E-state index in [9.17, 15) is 0 Å². The fourth-order valence-corrected chi connectivity index (χ4v) is 3.20. The van der Waals surface area contributed by atoms with Crippen LogP contribution in [0.3, 0.4) is 0 Å². The van der Waals surface area contributed by atoms with Crippen LogP contribution in [0.2, 0.25) is 0 Å². The van der Waals surface area contributed by atoms with Crippen molar-refractivity contribution in [2.24, 2.45) is 16.8 Å². The highest BCUT2D eigenvalue weighted by atomic mass is 15.3. The first-order chi connectivity index (χ1) is 10.5. The van der Waals surface area contributed by atoms with E-state index in [4.69, 9.17) is 0 Å². The Bertz CT molecular complexity index is 505. The molecule has 2 unspecified atom stereocenters. The molecule has 1 aliphatic rings. The largest absolute Gasteiger partial charge is 0.356 e. The van der Waals surface area contributed by atoms with E-state index in [1.165, 1.54) is 18.5 Å². The van der Waals surface area contributed by atoms with Gasteiger partial charge in [-0.05, 0) is 44.6 Å². The normalized spacial score (nSPS) is 21.0. The molecular weight excluding hydrogens is 274 g/mol. The van der Waals surface area contributed by atoms with Gasteiger partial charge in [0.1, 0.15) is 0 Å². The SMILES string of the molecule is CN=C(NCC(C)Cn1nc(C)cc1C)N1CCCC(C)C1. The molecule has 1 N–H and O–H groups in total. The second-order valence-electron chi connectivity index (χ2n) is 6.84. The van der Waals surface area contributed by atoms with E-state index in [0.717, 1.165) is 43.8 Å². The molecule has 1 fully saturated rings. The smallest absolute Gasteiger partial charge is 0.193 e. The number of aliphatic imine (C=N–C) groups is 1. The summed E-state index contributed by atoms with van der Waals surface area (Å²) >= 11 is 0. The number of piperidine rings is 1. The minimum Gasteiger partial charge on any atom is -0.356 e. The Balaban J connectivity index is 1.83. The van der Waals surface area contributed by atoms with Gasteiger partial charge in [-0.3, -0.25) is 9.67 Å². The molecule has 124 valence electrons. The summed E-state index contributed by atoms with van der Waals surface area (Å²) in [6.07, 6.45) is 2.60. The number of rotatable bonds is 4. The third-order valence-corrected chi connectivity index (χ3v) is 4.36. The van der Waals surface area contributed by atoms with Gasteiger partial charge in [0.15, 0.2) is 5.96 Å². The van der Waals surface area contributed by atoms with Gasteiger partial charge in [-0.25, -0.2) is 0 Å². The average molecular weight is 305 g/mol. The Labute approximate surface area is 134 Å². The van der Waals surface area contributed by atoms with E-state index in [1.54, 1.807) is 0 Å². The van der Waals surface area contributed by atoms with Crippen molar-refractivity contribution in [3.8, 4) is 0 Å². The van der Waals surface area contributed by atoms with Crippen LogP contribution in [0.1, 0.15) is 38.1 Å². The lowest BCUT2D eigenvalue weighted by Crippen LogP contribution is -2.47. The summed E-state index contributed by atoms with van der Waals surface area (Å²) in [6.45, 7) is 12.9. The molecule has 0 radical (unpaired) electrons. The average Bonchev–Trinajstić information content (AvgIpc) is 2.77. The number of nitrogens with one attached hydrogen (secondary N) is 1. The first-order valence-corrected chi connectivity index (χ1v) is 8.46. The van der Waals surface area contributed by atoms with Crippen molar-refractivity contribution >= 4 is 5.96 Å². The minimum absolute atomic E-state index is 0.511. The van der Waals surface area contributed by atoms with Crippen LogP contribution in [0.5, 0.6) is 0 Å². The zero-order chi connectivity index (χ0) is 16.1. The van der Waals surface area contributed by atoms with Crippen LogP contribution in [-0.4, -0.2) is 47.3 Å². The van der Waals surface area contributed by atoms with Gasteiger partial charge in [0, 0.05) is 38.9 Å². The summed E-state index contributed by atoms with van der Waals surface area (Å²) in [6, 6.07) is 2.13. The van der Waals surface area contributed by atoms with E-state index in [0.29, 0.717) is 5.92 Å². The van der Waals surface area contributed by atoms with Crippen molar-refractivity contribution < 1.29 is 0 Å². The maximum atomic E-state index is 4.55. The molecule has 0 bridgehead atoms. The van der Waals surface area contributed by atoms with Gasteiger partial charge >= 0.3 is 0 Å². The molecule has 5 heteroatoms. The first-order valence-electron chi connectivity index (χ1n) is 8.46. The number of guanidine groups is 1. The Morgan fingerprint density at radius 3 is 2.86 bits per heavy atom. The number of aryl methyl sites for hydroxylation is 2. The van der Waals surface area contributed by atoms with Crippen LogP contribution < -0.4 is 5.32 Å². The maximum Gasteiger partial charge on any atom is 0.193 e. The molecule has 1 aromatic rings. The monoisotopic (exact) mass is 305 g/mol. The fourth-order valence-electron chi connectivity index (χ4n) is 3.20. The van der Waals surface area contributed by atoms with Gasteiger partial charge in [0.05, 0.1) is 5.69 Å². The van der Waals surface area contributed by atoms with E-state index in [-0.39, 0.29) is 0 Å². The summed E-state index contributed by atoms with van der Waals surface area (Å²) in [5, 5.41) is 8.09. The highest BCUT2D eigenvalue weighted by Crippen LogP contribution is 2.15. The second kappa shape index (κ2) is 7.65. The van der Waals surface area contributed by atoms with E-state index < -0.39 is 0 Å². The molecule has 0 amide bonds. The Kier molecular flexibility index (Phi) is 5.86. The van der Waals surface area contributed by atoms with Crippen molar-refractivity contribution in [1.29, 1.82) is 0 Å². The molecule has 2 heterocycles. The predicted octanol–water partition coefficient (Wildman–Crippen LogP) is 2.44.